The molecule has 3 rings (SSSR count). The SMILES string of the molecule is Cc1cc(C(F)(F)F)ccc1N(c1ccc(N2CCOCC2)cc1)S(=O)(=O)[C@@H](C)CCC(N)=O. The summed E-state index contributed by atoms with van der Waals surface area (Å²) in [5.41, 5.74) is 5.75. The lowest BCUT2D eigenvalue weighted by Gasteiger charge is -2.31. The number of hydrogen-bond donors (Lipinski definition) is 1. The van der Waals surface area contributed by atoms with Crippen molar-refractivity contribution in [1.82, 2.24) is 0 Å². The van der Waals surface area contributed by atoms with Gasteiger partial charge in [-0.25, -0.2) is 12.7 Å². The Morgan fingerprint density at radius 3 is 2.29 bits per heavy atom. The van der Waals surface area contributed by atoms with Crippen LogP contribution in [0.1, 0.15) is 30.9 Å². The van der Waals surface area contributed by atoms with Crippen LogP contribution in [0.3, 0.4) is 0 Å². The minimum Gasteiger partial charge on any atom is -0.378 e. The summed E-state index contributed by atoms with van der Waals surface area (Å²) in [7, 11) is -4.10. The number of amides is 1. The van der Waals surface area contributed by atoms with E-state index in [1.54, 1.807) is 24.3 Å². The number of rotatable bonds is 8. The van der Waals surface area contributed by atoms with Crippen molar-refractivity contribution in [2.24, 2.45) is 5.73 Å². The number of ether oxygens (including phenoxy) is 1. The molecule has 0 aliphatic carbocycles. The van der Waals surface area contributed by atoms with Crippen molar-refractivity contribution in [1.29, 1.82) is 0 Å². The van der Waals surface area contributed by atoms with Gasteiger partial charge in [-0.15, -0.1) is 0 Å². The average molecular weight is 500 g/mol. The van der Waals surface area contributed by atoms with Crippen molar-refractivity contribution >= 4 is 33.0 Å². The molecular weight excluding hydrogens is 471 g/mol. The summed E-state index contributed by atoms with van der Waals surface area (Å²) in [5, 5.41) is -0.999. The highest BCUT2D eigenvalue weighted by molar-refractivity contribution is 7.93. The van der Waals surface area contributed by atoms with Crippen LogP contribution >= 0.6 is 0 Å². The number of morpholine rings is 1. The number of nitrogens with two attached hydrogens (primary N) is 1. The number of hydrogen-bond acceptors (Lipinski definition) is 5. The van der Waals surface area contributed by atoms with E-state index in [1.165, 1.54) is 13.8 Å². The Labute approximate surface area is 197 Å². The maximum Gasteiger partial charge on any atom is 0.416 e. The summed E-state index contributed by atoms with van der Waals surface area (Å²) >= 11 is 0. The largest absolute Gasteiger partial charge is 0.416 e. The second kappa shape index (κ2) is 10.2. The van der Waals surface area contributed by atoms with Crippen LogP contribution in [0, 0.1) is 6.92 Å². The van der Waals surface area contributed by atoms with Crippen LogP contribution in [0.4, 0.5) is 30.2 Å². The van der Waals surface area contributed by atoms with Gasteiger partial charge in [0, 0.05) is 25.2 Å². The van der Waals surface area contributed by atoms with Gasteiger partial charge in [0.25, 0.3) is 0 Å². The number of nitrogens with zero attached hydrogens (tertiary/aromatic N) is 2. The van der Waals surface area contributed by atoms with Crippen molar-refractivity contribution in [2.45, 2.75) is 38.1 Å². The molecule has 1 fully saturated rings. The van der Waals surface area contributed by atoms with Crippen LogP contribution in [0.15, 0.2) is 42.5 Å². The number of aryl methyl sites for hydroxylation is 1. The summed E-state index contributed by atoms with van der Waals surface area (Å²) in [5.74, 6) is -0.630. The first-order valence-electron chi connectivity index (χ1n) is 10.8. The number of carbonyl (C=O) groups excluding carboxylic acids is 1. The number of alkyl halides is 3. The van der Waals surface area contributed by atoms with E-state index in [2.05, 4.69) is 4.90 Å². The lowest BCUT2D eigenvalue weighted by molar-refractivity contribution is -0.137. The molecule has 1 aliphatic rings. The molecule has 11 heteroatoms. The van der Waals surface area contributed by atoms with Gasteiger partial charge in [-0.2, -0.15) is 13.2 Å². The van der Waals surface area contributed by atoms with Crippen LogP contribution in [-0.4, -0.2) is 45.9 Å². The van der Waals surface area contributed by atoms with E-state index in [1.807, 2.05) is 0 Å². The third kappa shape index (κ3) is 5.82. The molecule has 1 saturated heterocycles. The Bertz CT molecular complexity index is 1120. The van der Waals surface area contributed by atoms with Gasteiger partial charge in [0.05, 0.1) is 35.4 Å². The number of halogens is 3. The van der Waals surface area contributed by atoms with Gasteiger partial charge in [-0.05, 0) is 68.3 Å². The molecule has 0 saturated carbocycles. The molecule has 0 unspecified atom stereocenters. The van der Waals surface area contributed by atoms with E-state index in [-0.39, 0.29) is 29.8 Å². The first-order chi connectivity index (χ1) is 15.9. The number of carbonyl (C=O) groups is 1. The van der Waals surface area contributed by atoms with Crippen molar-refractivity contribution in [3.63, 3.8) is 0 Å². The van der Waals surface area contributed by atoms with Crippen LogP contribution in [0.2, 0.25) is 0 Å². The number of sulfonamides is 1. The minimum absolute atomic E-state index is 0.0142. The summed E-state index contributed by atoms with van der Waals surface area (Å²) in [4.78, 5) is 13.3. The molecule has 186 valence electrons. The summed E-state index contributed by atoms with van der Waals surface area (Å²) in [6.07, 6.45) is -4.70. The zero-order valence-electron chi connectivity index (χ0n) is 19.0. The molecule has 1 aliphatic heterocycles. The fourth-order valence-electron chi connectivity index (χ4n) is 3.78. The Hall–Kier alpha value is -2.79. The van der Waals surface area contributed by atoms with Crippen LogP contribution in [-0.2, 0) is 25.7 Å². The molecule has 1 heterocycles. The van der Waals surface area contributed by atoms with E-state index >= 15 is 0 Å². The number of benzene rings is 2. The fraction of sp³-hybridized carbons (Fsp3) is 0.435. The van der Waals surface area contributed by atoms with Crippen LogP contribution in [0.25, 0.3) is 0 Å². The van der Waals surface area contributed by atoms with E-state index in [9.17, 15) is 26.4 Å². The molecule has 2 aromatic carbocycles. The van der Waals surface area contributed by atoms with Gasteiger partial charge in [-0.1, -0.05) is 0 Å². The maximum absolute atomic E-state index is 13.6. The smallest absolute Gasteiger partial charge is 0.378 e. The molecule has 1 atom stereocenters. The highest BCUT2D eigenvalue weighted by atomic mass is 32.2. The molecule has 0 spiro atoms. The number of primary amides is 1. The first kappa shape index (κ1) is 25.8. The first-order valence-corrected chi connectivity index (χ1v) is 12.3. The van der Waals surface area contributed by atoms with E-state index < -0.39 is 32.9 Å². The highest BCUT2D eigenvalue weighted by Crippen LogP contribution is 2.38. The molecule has 1 amide bonds. The third-order valence-corrected chi connectivity index (χ3v) is 7.93. The number of anilines is 3. The van der Waals surface area contributed by atoms with Crippen molar-refractivity contribution in [3.05, 3.63) is 53.6 Å². The Balaban J connectivity index is 2.04. The maximum atomic E-state index is 13.6. The van der Waals surface area contributed by atoms with Crippen LogP contribution < -0.4 is 14.9 Å². The van der Waals surface area contributed by atoms with E-state index in [4.69, 9.17) is 10.5 Å². The molecule has 34 heavy (non-hydrogen) atoms. The second-order valence-corrected chi connectivity index (χ2v) is 10.4. The Kier molecular flexibility index (Phi) is 7.77. The van der Waals surface area contributed by atoms with E-state index in [0.717, 1.165) is 28.2 Å². The lowest BCUT2D eigenvalue weighted by Crippen LogP contribution is -2.36. The highest BCUT2D eigenvalue weighted by Gasteiger charge is 2.34. The molecule has 0 bridgehead atoms. The van der Waals surface area contributed by atoms with Gasteiger partial charge in [-0.3, -0.25) is 4.79 Å². The predicted octanol–water partition coefficient (Wildman–Crippen LogP) is 3.97. The normalized spacial score (nSPS) is 15.7. The predicted molar refractivity (Wildman–Crippen MR) is 125 cm³/mol. The molecule has 2 N–H and O–H groups in total. The monoisotopic (exact) mass is 499 g/mol. The molecule has 2 aromatic rings. The van der Waals surface area contributed by atoms with Gasteiger partial charge in [0.15, 0.2) is 0 Å². The van der Waals surface area contributed by atoms with Crippen molar-refractivity contribution in [2.75, 3.05) is 35.5 Å². The Morgan fingerprint density at radius 2 is 1.76 bits per heavy atom. The summed E-state index contributed by atoms with van der Waals surface area (Å²) in [6.45, 7) is 5.46. The second-order valence-electron chi connectivity index (χ2n) is 8.24. The van der Waals surface area contributed by atoms with Gasteiger partial charge in [0.2, 0.25) is 15.9 Å². The summed E-state index contributed by atoms with van der Waals surface area (Å²) in [6, 6.07) is 9.75. The molecule has 7 nitrogen and oxygen atoms in total. The van der Waals surface area contributed by atoms with E-state index in [0.29, 0.717) is 26.3 Å². The average Bonchev–Trinajstić information content (AvgIpc) is 2.79. The molecule has 0 radical (unpaired) electrons. The zero-order chi connectivity index (χ0) is 25.1. The fourth-order valence-corrected chi connectivity index (χ4v) is 5.45. The van der Waals surface area contributed by atoms with Crippen molar-refractivity contribution < 1.29 is 31.1 Å². The quantitative estimate of drug-likeness (QED) is 0.593. The Morgan fingerprint density at radius 1 is 1.15 bits per heavy atom. The summed E-state index contributed by atoms with van der Waals surface area (Å²) < 4.78 is 73.2. The van der Waals surface area contributed by atoms with Gasteiger partial charge < -0.3 is 15.4 Å². The van der Waals surface area contributed by atoms with Gasteiger partial charge >= 0.3 is 6.18 Å². The topological polar surface area (TPSA) is 92.9 Å². The third-order valence-electron chi connectivity index (χ3n) is 5.76. The standard InChI is InChI=1S/C23H28F3N3O4S/c1-16-15-18(23(24,25)26)4-9-21(16)29(34(31,32)17(2)3-10-22(27)30)20-7-5-19(6-8-20)28-11-13-33-14-12-28/h4-9,15,17H,3,10-14H2,1-2H3,(H2,27,30)/t17-/m0/s1. The minimum atomic E-state index is -4.55. The van der Waals surface area contributed by atoms with Gasteiger partial charge in [0.1, 0.15) is 0 Å². The molecular formula is C23H28F3N3O4S. The zero-order valence-corrected chi connectivity index (χ0v) is 19.8. The molecule has 0 aromatic heterocycles. The van der Waals surface area contributed by atoms with Crippen LogP contribution in [0.5, 0.6) is 0 Å². The van der Waals surface area contributed by atoms with Crippen molar-refractivity contribution in [3.8, 4) is 0 Å². The lowest BCUT2D eigenvalue weighted by atomic mass is 10.1.